The summed E-state index contributed by atoms with van der Waals surface area (Å²) in [7, 11) is 0. The maximum atomic E-state index is 11.7. The Balaban J connectivity index is 2.65. The van der Waals surface area contributed by atoms with Crippen molar-refractivity contribution in [2.24, 2.45) is 5.92 Å². The number of hydrogen-bond acceptors (Lipinski definition) is 4. The third kappa shape index (κ3) is 3.48. The van der Waals surface area contributed by atoms with Crippen LogP contribution in [0.25, 0.3) is 0 Å². The summed E-state index contributed by atoms with van der Waals surface area (Å²) in [5, 5.41) is 2.54. The normalized spacial score (nSPS) is 27.6. The predicted molar refractivity (Wildman–Crippen MR) is 67.0 cm³/mol. The Morgan fingerprint density at radius 1 is 1.44 bits per heavy atom. The van der Waals surface area contributed by atoms with E-state index < -0.39 is 23.7 Å². The molecule has 0 aromatic rings. The van der Waals surface area contributed by atoms with Crippen molar-refractivity contribution < 1.29 is 19.1 Å². The minimum atomic E-state index is -0.679. The molecule has 0 radical (unpaired) electrons. The number of ether oxygens (including phenoxy) is 2. The fraction of sp³-hybridized carbons (Fsp3) is 0.692. The molecule has 1 fully saturated rings. The third-order valence-corrected chi connectivity index (χ3v) is 2.66. The van der Waals surface area contributed by atoms with Gasteiger partial charge >= 0.3 is 12.1 Å². The predicted octanol–water partition coefficient (Wildman–Crippen LogP) is 2.02. The number of carbonyl (C=O) groups excluding carboxylic acids is 2. The molecule has 1 aliphatic rings. The minimum Gasteiger partial charge on any atom is -0.456 e. The van der Waals surface area contributed by atoms with Gasteiger partial charge in [0.15, 0.2) is 0 Å². The first-order chi connectivity index (χ1) is 8.11. The topological polar surface area (TPSA) is 64.6 Å². The molecule has 1 amide bonds. The Bertz CT molecular complexity index is 370. The molecule has 0 aromatic heterocycles. The summed E-state index contributed by atoms with van der Waals surface area (Å²) < 4.78 is 10.3. The molecule has 1 N–H and O–H groups in total. The van der Waals surface area contributed by atoms with E-state index in [0.717, 1.165) is 5.57 Å². The molecule has 1 rings (SSSR count). The Morgan fingerprint density at radius 3 is 2.39 bits per heavy atom. The van der Waals surface area contributed by atoms with Gasteiger partial charge in [-0.05, 0) is 33.3 Å². The summed E-state index contributed by atoms with van der Waals surface area (Å²) in [5.74, 6) is -0.594. The zero-order chi connectivity index (χ0) is 14.1. The zero-order valence-electron chi connectivity index (χ0n) is 11.6. The average molecular weight is 255 g/mol. The first-order valence-electron chi connectivity index (χ1n) is 5.97. The first-order valence-corrected chi connectivity index (χ1v) is 5.97. The van der Waals surface area contributed by atoms with Gasteiger partial charge in [0.2, 0.25) is 0 Å². The van der Waals surface area contributed by atoms with Gasteiger partial charge in [0, 0.05) is 5.92 Å². The summed E-state index contributed by atoms with van der Waals surface area (Å²) in [5.41, 5.74) is 0.174. The van der Waals surface area contributed by atoms with Gasteiger partial charge in [-0.2, -0.15) is 0 Å². The molecule has 0 aliphatic carbocycles. The lowest BCUT2D eigenvalue weighted by Gasteiger charge is -2.22. The van der Waals surface area contributed by atoms with E-state index >= 15 is 0 Å². The van der Waals surface area contributed by atoms with Crippen molar-refractivity contribution in [3.05, 3.63) is 12.2 Å². The number of carbonyl (C=O) groups is 2. The van der Waals surface area contributed by atoms with E-state index in [1.807, 2.05) is 6.92 Å². The van der Waals surface area contributed by atoms with Gasteiger partial charge in [0.25, 0.3) is 0 Å². The number of alkyl carbamates (subject to hydrolysis) is 1. The minimum absolute atomic E-state index is 0.150. The zero-order valence-corrected chi connectivity index (χ0v) is 11.6. The molecule has 0 aromatic carbocycles. The van der Waals surface area contributed by atoms with E-state index in [2.05, 4.69) is 11.9 Å². The van der Waals surface area contributed by atoms with Gasteiger partial charge in [0.05, 0.1) is 0 Å². The van der Waals surface area contributed by atoms with Crippen LogP contribution in [0.5, 0.6) is 0 Å². The molecule has 0 bridgehead atoms. The molecule has 3 atom stereocenters. The largest absolute Gasteiger partial charge is 0.456 e. The Labute approximate surface area is 108 Å². The van der Waals surface area contributed by atoms with Crippen molar-refractivity contribution >= 4 is 12.1 Å². The number of cyclic esters (lactones) is 1. The smallest absolute Gasteiger partial charge is 0.408 e. The highest BCUT2D eigenvalue weighted by atomic mass is 16.6. The number of hydrogen-bond donors (Lipinski definition) is 1. The second-order valence-electron chi connectivity index (χ2n) is 5.69. The molecule has 1 saturated heterocycles. The van der Waals surface area contributed by atoms with Crippen LogP contribution in [0.3, 0.4) is 0 Å². The van der Waals surface area contributed by atoms with Crippen molar-refractivity contribution in [3.63, 3.8) is 0 Å². The van der Waals surface area contributed by atoms with Crippen LogP contribution < -0.4 is 5.32 Å². The molecule has 5 heteroatoms. The molecule has 102 valence electrons. The monoisotopic (exact) mass is 255 g/mol. The standard InChI is InChI=1S/C13H21NO4/c1-7(2)10-8(3)9(11(15)17-10)14-12(16)18-13(4,5)6/h8-10H,1H2,2-6H3,(H,14,16). The second-order valence-corrected chi connectivity index (χ2v) is 5.69. The summed E-state index contributed by atoms with van der Waals surface area (Å²) in [6.45, 7) is 12.7. The third-order valence-electron chi connectivity index (χ3n) is 2.66. The number of nitrogens with one attached hydrogen (secondary N) is 1. The Hall–Kier alpha value is -1.52. The van der Waals surface area contributed by atoms with Gasteiger partial charge in [-0.25, -0.2) is 9.59 Å². The van der Waals surface area contributed by atoms with Gasteiger partial charge < -0.3 is 14.8 Å². The van der Waals surface area contributed by atoms with Crippen molar-refractivity contribution in [2.75, 3.05) is 0 Å². The van der Waals surface area contributed by atoms with Crippen LogP contribution in [0.15, 0.2) is 12.2 Å². The molecule has 0 saturated carbocycles. The van der Waals surface area contributed by atoms with Gasteiger partial charge in [0.1, 0.15) is 17.7 Å². The lowest BCUT2D eigenvalue weighted by molar-refractivity contribution is -0.141. The van der Waals surface area contributed by atoms with E-state index in [-0.39, 0.29) is 12.0 Å². The molecule has 0 spiro atoms. The molecular weight excluding hydrogens is 234 g/mol. The van der Waals surface area contributed by atoms with Gasteiger partial charge in [-0.3, -0.25) is 0 Å². The fourth-order valence-corrected chi connectivity index (χ4v) is 1.87. The van der Waals surface area contributed by atoms with Gasteiger partial charge in [-0.15, -0.1) is 0 Å². The number of esters is 1. The fourth-order valence-electron chi connectivity index (χ4n) is 1.87. The van der Waals surface area contributed by atoms with Crippen LogP contribution in [0, 0.1) is 5.92 Å². The van der Waals surface area contributed by atoms with Crippen molar-refractivity contribution in [1.82, 2.24) is 5.32 Å². The van der Waals surface area contributed by atoms with E-state index in [1.165, 1.54) is 0 Å². The van der Waals surface area contributed by atoms with E-state index in [0.29, 0.717) is 0 Å². The van der Waals surface area contributed by atoms with Gasteiger partial charge in [-0.1, -0.05) is 13.5 Å². The number of rotatable bonds is 2. The highest BCUT2D eigenvalue weighted by molar-refractivity contribution is 5.83. The second kappa shape index (κ2) is 5.00. The number of amides is 1. The SMILES string of the molecule is C=C(C)C1OC(=O)C(NC(=O)OC(C)(C)C)C1C. The van der Waals surface area contributed by atoms with Crippen LogP contribution in [-0.4, -0.2) is 29.8 Å². The summed E-state index contributed by atoms with van der Waals surface area (Å²) >= 11 is 0. The molecule has 1 aliphatic heterocycles. The van der Waals surface area contributed by atoms with E-state index in [9.17, 15) is 9.59 Å². The Morgan fingerprint density at radius 2 is 2.00 bits per heavy atom. The summed E-state index contributed by atoms with van der Waals surface area (Å²) in [6.07, 6.45) is -0.962. The van der Waals surface area contributed by atoms with Crippen LogP contribution in [-0.2, 0) is 14.3 Å². The average Bonchev–Trinajstić information content (AvgIpc) is 2.42. The highest BCUT2D eigenvalue weighted by Crippen LogP contribution is 2.27. The maximum Gasteiger partial charge on any atom is 0.408 e. The summed E-state index contributed by atoms with van der Waals surface area (Å²) in [4.78, 5) is 23.3. The molecule has 5 nitrogen and oxygen atoms in total. The molecule has 18 heavy (non-hydrogen) atoms. The highest BCUT2D eigenvalue weighted by Gasteiger charge is 2.43. The molecular formula is C13H21NO4. The van der Waals surface area contributed by atoms with Crippen LogP contribution in [0.1, 0.15) is 34.6 Å². The van der Waals surface area contributed by atoms with Crippen LogP contribution >= 0.6 is 0 Å². The lowest BCUT2D eigenvalue weighted by atomic mass is 9.95. The summed E-state index contributed by atoms with van der Waals surface area (Å²) in [6, 6.07) is -0.679. The lowest BCUT2D eigenvalue weighted by Crippen LogP contribution is -2.44. The van der Waals surface area contributed by atoms with Crippen LogP contribution in [0.4, 0.5) is 4.79 Å². The van der Waals surface area contributed by atoms with E-state index in [1.54, 1.807) is 27.7 Å². The van der Waals surface area contributed by atoms with Crippen LogP contribution in [0.2, 0.25) is 0 Å². The first kappa shape index (κ1) is 14.5. The van der Waals surface area contributed by atoms with E-state index in [4.69, 9.17) is 9.47 Å². The van der Waals surface area contributed by atoms with Crippen molar-refractivity contribution in [1.29, 1.82) is 0 Å². The van der Waals surface area contributed by atoms with Crippen molar-refractivity contribution in [3.8, 4) is 0 Å². The molecule has 1 heterocycles. The quantitative estimate of drug-likeness (QED) is 0.605. The van der Waals surface area contributed by atoms with Crippen molar-refractivity contribution in [2.45, 2.75) is 52.4 Å². The maximum absolute atomic E-state index is 11.7. The molecule has 3 unspecified atom stereocenters. The Kier molecular flexibility index (Phi) is 4.04.